The van der Waals surface area contributed by atoms with Gasteiger partial charge in [0, 0.05) is 12.0 Å². The summed E-state index contributed by atoms with van der Waals surface area (Å²) in [6.07, 6.45) is 10.2. The molecule has 0 spiro atoms. The zero-order valence-electron chi connectivity index (χ0n) is 23.9. The fourth-order valence-corrected chi connectivity index (χ4v) is 7.44. The molecule has 6 rings (SSSR count). The summed E-state index contributed by atoms with van der Waals surface area (Å²) < 4.78 is 18.4. The summed E-state index contributed by atoms with van der Waals surface area (Å²) in [6, 6.07) is 13.5. The van der Waals surface area contributed by atoms with E-state index in [4.69, 9.17) is 13.9 Å². The lowest BCUT2D eigenvalue weighted by molar-refractivity contribution is -0.143. The Balaban J connectivity index is 1.25. The van der Waals surface area contributed by atoms with E-state index in [2.05, 4.69) is 13.0 Å². The van der Waals surface area contributed by atoms with Crippen molar-refractivity contribution in [1.29, 1.82) is 0 Å². The van der Waals surface area contributed by atoms with Crippen molar-refractivity contribution < 1.29 is 28.6 Å². The number of likely N-dealkylation sites (tertiary alicyclic amines) is 1. The second-order valence-corrected chi connectivity index (χ2v) is 11.9. The number of carbonyl (C=O) groups excluding carboxylic acids is 2. The van der Waals surface area contributed by atoms with E-state index in [0.29, 0.717) is 25.4 Å². The molecule has 7 heteroatoms. The van der Waals surface area contributed by atoms with E-state index in [1.807, 2.05) is 36.4 Å². The van der Waals surface area contributed by atoms with E-state index in [1.54, 1.807) is 11.0 Å². The number of fused-ring (bicyclic) bond motifs is 3. The lowest BCUT2D eigenvalue weighted by atomic mass is 9.69. The van der Waals surface area contributed by atoms with Crippen molar-refractivity contribution in [1.82, 2.24) is 4.90 Å². The van der Waals surface area contributed by atoms with Gasteiger partial charge in [0.2, 0.25) is 11.8 Å². The van der Waals surface area contributed by atoms with Crippen LogP contribution >= 0.6 is 0 Å². The minimum absolute atomic E-state index is 0.0171. The Morgan fingerprint density at radius 1 is 1.05 bits per heavy atom. The summed E-state index contributed by atoms with van der Waals surface area (Å²) in [5, 5.41) is 9.34. The normalized spacial score (nSPS) is 27.0. The van der Waals surface area contributed by atoms with E-state index in [0.717, 1.165) is 62.0 Å². The minimum atomic E-state index is -0.328. The highest BCUT2D eigenvalue weighted by molar-refractivity contribution is 6.06. The molecule has 41 heavy (non-hydrogen) atoms. The zero-order chi connectivity index (χ0) is 28.3. The van der Waals surface area contributed by atoms with Crippen molar-refractivity contribution in [3.8, 4) is 5.75 Å². The Bertz CT molecular complexity index is 1300. The maximum absolute atomic E-state index is 13.9. The monoisotopic (exact) mass is 559 g/mol. The van der Waals surface area contributed by atoms with Crippen molar-refractivity contribution in [2.24, 2.45) is 17.8 Å². The Kier molecular flexibility index (Phi) is 8.45. The highest BCUT2D eigenvalue weighted by atomic mass is 16.5. The molecule has 4 aliphatic rings. The smallest absolute Gasteiger partial charge is 0.234 e. The number of ether oxygens (including phenoxy) is 2. The Morgan fingerprint density at radius 3 is 2.59 bits per heavy atom. The van der Waals surface area contributed by atoms with Gasteiger partial charge in [-0.25, -0.2) is 0 Å². The predicted molar refractivity (Wildman–Crippen MR) is 155 cm³/mol. The molecule has 2 aromatic rings. The van der Waals surface area contributed by atoms with Gasteiger partial charge in [0.25, 0.3) is 0 Å². The van der Waals surface area contributed by atoms with Crippen LogP contribution in [0.1, 0.15) is 76.2 Å². The van der Waals surface area contributed by atoms with Crippen LogP contribution in [0.25, 0.3) is 6.08 Å². The molecule has 0 radical (unpaired) electrons. The number of hydrogen-bond donors (Lipinski definition) is 1. The fraction of sp³-hybridized carbons (Fsp3) is 0.529. The molecule has 1 saturated carbocycles. The molecule has 1 N–H and O–H groups in total. The highest BCUT2D eigenvalue weighted by Gasteiger charge is 2.58. The van der Waals surface area contributed by atoms with Crippen LogP contribution in [0.5, 0.6) is 5.75 Å². The summed E-state index contributed by atoms with van der Waals surface area (Å²) in [6.45, 7) is 2.88. The molecule has 0 unspecified atom stereocenters. The van der Waals surface area contributed by atoms with Gasteiger partial charge in [-0.15, -0.1) is 0 Å². The fourth-order valence-electron chi connectivity index (χ4n) is 7.44. The van der Waals surface area contributed by atoms with Crippen LogP contribution < -0.4 is 4.74 Å². The maximum Gasteiger partial charge on any atom is 0.234 e. The van der Waals surface area contributed by atoms with Gasteiger partial charge in [0.15, 0.2) is 0 Å². The number of hydrogen-bond acceptors (Lipinski definition) is 6. The van der Waals surface area contributed by atoms with Crippen molar-refractivity contribution >= 4 is 17.9 Å². The molecule has 2 amide bonds. The SMILES string of the molecule is CC/C(=C\c1ccc(CO)o1)CC[C@H]1OC[C@H]2C1=C(COc1ccccc1)C[C@H]1C(=O)N(C3CCCCC3)C(=O)[C@H]12. The third kappa shape index (κ3) is 5.67. The van der Waals surface area contributed by atoms with Gasteiger partial charge in [-0.2, -0.15) is 0 Å². The van der Waals surface area contributed by atoms with Gasteiger partial charge in [0.1, 0.15) is 30.5 Å². The first-order valence-corrected chi connectivity index (χ1v) is 15.3. The first-order valence-electron chi connectivity index (χ1n) is 15.3. The number of imide groups is 1. The van der Waals surface area contributed by atoms with Gasteiger partial charge < -0.3 is 19.0 Å². The molecule has 3 heterocycles. The van der Waals surface area contributed by atoms with Crippen molar-refractivity contribution in [3.63, 3.8) is 0 Å². The molecule has 218 valence electrons. The average Bonchev–Trinajstić information content (AvgIpc) is 3.71. The molecular formula is C34H41NO6. The highest BCUT2D eigenvalue weighted by Crippen LogP contribution is 2.51. The Labute approximate surface area is 242 Å². The number of amides is 2. The zero-order valence-corrected chi connectivity index (χ0v) is 23.9. The van der Waals surface area contributed by atoms with Gasteiger partial charge in [0.05, 0.1) is 24.5 Å². The Morgan fingerprint density at radius 2 is 1.85 bits per heavy atom. The van der Waals surface area contributed by atoms with Crippen LogP contribution in [-0.4, -0.2) is 47.2 Å². The molecule has 2 aliphatic carbocycles. The van der Waals surface area contributed by atoms with E-state index in [-0.39, 0.29) is 48.3 Å². The van der Waals surface area contributed by atoms with Crippen LogP contribution in [0.2, 0.25) is 0 Å². The molecule has 1 aromatic heterocycles. The minimum Gasteiger partial charge on any atom is -0.489 e. The number of aliphatic hydroxyl groups excluding tert-OH is 1. The molecule has 7 nitrogen and oxygen atoms in total. The summed E-state index contributed by atoms with van der Waals surface area (Å²) in [5.41, 5.74) is 3.54. The molecular weight excluding hydrogens is 518 g/mol. The summed E-state index contributed by atoms with van der Waals surface area (Å²) in [5.74, 6) is 1.40. The summed E-state index contributed by atoms with van der Waals surface area (Å²) >= 11 is 0. The van der Waals surface area contributed by atoms with E-state index in [9.17, 15) is 14.7 Å². The second kappa shape index (κ2) is 12.4. The summed E-state index contributed by atoms with van der Waals surface area (Å²) in [7, 11) is 0. The maximum atomic E-state index is 13.9. The molecule has 0 bridgehead atoms. The number of para-hydroxylation sites is 1. The van der Waals surface area contributed by atoms with Gasteiger partial charge >= 0.3 is 0 Å². The number of rotatable bonds is 10. The molecule has 3 fully saturated rings. The lowest BCUT2D eigenvalue weighted by Crippen LogP contribution is -2.42. The Hall–Kier alpha value is -3.16. The third-order valence-electron chi connectivity index (χ3n) is 9.50. The second-order valence-electron chi connectivity index (χ2n) is 11.9. The first-order chi connectivity index (χ1) is 20.1. The van der Waals surface area contributed by atoms with Gasteiger partial charge in [-0.3, -0.25) is 14.5 Å². The van der Waals surface area contributed by atoms with Crippen LogP contribution in [0.4, 0.5) is 0 Å². The summed E-state index contributed by atoms with van der Waals surface area (Å²) in [4.78, 5) is 29.3. The molecule has 1 aromatic carbocycles. The standard InChI is InChI=1S/C34H41NO6/c1-2-22(17-26-14-15-27(19-36)41-26)13-16-30-31-23(20-39-25-11-7-4-8-12-25)18-28-32(29(31)21-40-30)34(38)35(33(28)37)24-9-5-3-6-10-24/h4,7-8,11-12,14-15,17,24,28-30,32,36H,2-3,5-6,9-10,13,16,18-21H2,1H3/b22-17+/t28-,29+,30-,32-/m1/s1. The molecule has 2 aliphatic heterocycles. The number of aliphatic hydroxyl groups is 1. The van der Waals surface area contributed by atoms with Crippen LogP contribution in [0.3, 0.4) is 0 Å². The number of allylic oxidation sites excluding steroid dienone is 1. The van der Waals surface area contributed by atoms with Crippen LogP contribution in [0.15, 0.2) is 63.6 Å². The van der Waals surface area contributed by atoms with Crippen molar-refractivity contribution in [3.05, 3.63) is 70.7 Å². The van der Waals surface area contributed by atoms with Crippen LogP contribution in [0, 0.1) is 17.8 Å². The topological polar surface area (TPSA) is 89.2 Å². The van der Waals surface area contributed by atoms with E-state index >= 15 is 0 Å². The van der Waals surface area contributed by atoms with Crippen LogP contribution in [-0.2, 0) is 20.9 Å². The van der Waals surface area contributed by atoms with Gasteiger partial charge in [-0.05, 0) is 80.0 Å². The number of carbonyl (C=O) groups is 2. The van der Waals surface area contributed by atoms with Gasteiger partial charge in [-0.1, -0.05) is 50.0 Å². The van der Waals surface area contributed by atoms with E-state index < -0.39 is 0 Å². The largest absolute Gasteiger partial charge is 0.489 e. The average molecular weight is 560 g/mol. The molecule has 2 saturated heterocycles. The predicted octanol–water partition coefficient (Wildman–Crippen LogP) is 6.07. The van der Waals surface area contributed by atoms with E-state index in [1.165, 1.54) is 17.6 Å². The molecule has 4 atom stereocenters. The number of furan rings is 1. The van der Waals surface area contributed by atoms with Crippen molar-refractivity contribution in [2.45, 2.75) is 83.5 Å². The third-order valence-corrected chi connectivity index (χ3v) is 9.50. The number of nitrogens with zero attached hydrogens (tertiary/aromatic N) is 1. The quantitative estimate of drug-likeness (QED) is 0.281. The van der Waals surface area contributed by atoms with Crippen molar-refractivity contribution in [2.75, 3.05) is 13.2 Å². The first kappa shape index (κ1) is 28.0. The number of benzene rings is 1. The lowest BCUT2D eigenvalue weighted by Gasteiger charge is -2.32.